The second-order valence-electron chi connectivity index (χ2n) is 4.40. The van der Waals surface area contributed by atoms with E-state index in [-0.39, 0.29) is 6.04 Å². The van der Waals surface area contributed by atoms with Crippen LogP contribution in [0.5, 0.6) is 5.75 Å². The first-order chi connectivity index (χ1) is 9.15. The number of nitrogens with two attached hydrogens (primary N) is 1. The zero-order chi connectivity index (χ0) is 13.8. The molecule has 102 valence electrons. The summed E-state index contributed by atoms with van der Waals surface area (Å²) in [6, 6.07) is 5.64. The van der Waals surface area contributed by atoms with E-state index in [2.05, 4.69) is 28.0 Å². The van der Waals surface area contributed by atoms with Crippen LogP contribution in [0, 0.1) is 0 Å². The number of aromatic nitrogens is 2. The van der Waals surface area contributed by atoms with Crippen molar-refractivity contribution in [3.05, 3.63) is 46.2 Å². The maximum Gasteiger partial charge on any atom is 0.125 e. The summed E-state index contributed by atoms with van der Waals surface area (Å²) in [7, 11) is 1.65. The number of aryl methyl sites for hydroxylation is 1. The molecular weight excluding hydrogens is 306 g/mol. The fourth-order valence-electron chi connectivity index (χ4n) is 2.01. The van der Waals surface area contributed by atoms with Gasteiger partial charge >= 0.3 is 0 Å². The summed E-state index contributed by atoms with van der Waals surface area (Å²) >= 11 is 3.43. The number of hydrogen-bond donors (Lipinski definition) is 1. The van der Waals surface area contributed by atoms with Crippen LogP contribution in [0.2, 0.25) is 0 Å². The summed E-state index contributed by atoms with van der Waals surface area (Å²) in [6.45, 7) is 3.03. The molecule has 2 N–H and O–H groups in total. The van der Waals surface area contributed by atoms with Crippen LogP contribution in [-0.2, 0) is 6.54 Å². The zero-order valence-electron chi connectivity index (χ0n) is 11.1. The third-order valence-electron chi connectivity index (χ3n) is 3.00. The van der Waals surface area contributed by atoms with Crippen molar-refractivity contribution in [2.45, 2.75) is 25.9 Å². The van der Waals surface area contributed by atoms with Gasteiger partial charge in [0.25, 0.3) is 0 Å². The molecule has 1 aromatic heterocycles. The van der Waals surface area contributed by atoms with E-state index in [9.17, 15) is 0 Å². The van der Waals surface area contributed by atoms with Crippen LogP contribution in [0.15, 0.2) is 35.1 Å². The molecule has 0 aliphatic rings. The molecule has 0 saturated carbocycles. The van der Waals surface area contributed by atoms with E-state index >= 15 is 0 Å². The molecule has 1 heterocycles. The third-order valence-corrected chi connectivity index (χ3v) is 3.49. The maximum atomic E-state index is 6.30. The molecule has 1 atom stereocenters. The Balaban J connectivity index is 2.29. The molecule has 0 spiro atoms. The van der Waals surface area contributed by atoms with Crippen LogP contribution >= 0.6 is 15.9 Å². The molecule has 0 bridgehead atoms. The van der Waals surface area contributed by atoms with Crippen LogP contribution in [0.25, 0.3) is 0 Å². The second kappa shape index (κ2) is 6.21. The Hall–Kier alpha value is -1.33. The quantitative estimate of drug-likeness (QED) is 0.919. The molecule has 2 rings (SSSR count). The van der Waals surface area contributed by atoms with Crippen molar-refractivity contribution in [3.63, 3.8) is 0 Å². The molecule has 4 nitrogen and oxygen atoms in total. The van der Waals surface area contributed by atoms with E-state index < -0.39 is 0 Å². The number of benzene rings is 1. The van der Waals surface area contributed by atoms with Gasteiger partial charge in [0.2, 0.25) is 0 Å². The average molecular weight is 324 g/mol. The molecule has 0 aliphatic carbocycles. The fourth-order valence-corrected chi connectivity index (χ4v) is 2.35. The van der Waals surface area contributed by atoms with Crippen molar-refractivity contribution in [2.24, 2.45) is 5.73 Å². The van der Waals surface area contributed by atoms with Crippen LogP contribution < -0.4 is 10.5 Å². The van der Waals surface area contributed by atoms with E-state index in [4.69, 9.17) is 10.5 Å². The Morgan fingerprint density at radius 3 is 2.95 bits per heavy atom. The highest BCUT2D eigenvalue weighted by molar-refractivity contribution is 9.10. The first kappa shape index (κ1) is 14.1. The molecule has 0 fully saturated rings. The van der Waals surface area contributed by atoms with Crippen molar-refractivity contribution < 1.29 is 4.74 Å². The fraction of sp³-hybridized carbons (Fsp3) is 0.357. The highest BCUT2D eigenvalue weighted by Crippen LogP contribution is 2.30. The minimum Gasteiger partial charge on any atom is -0.496 e. The van der Waals surface area contributed by atoms with Crippen LogP contribution in [-0.4, -0.2) is 16.9 Å². The number of nitrogens with zero attached hydrogens (tertiary/aromatic N) is 2. The van der Waals surface area contributed by atoms with Crippen molar-refractivity contribution in [1.82, 2.24) is 9.78 Å². The summed E-state index contributed by atoms with van der Waals surface area (Å²) in [5, 5.41) is 4.31. The minimum absolute atomic E-state index is 0.228. The Morgan fingerprint density at radius 2 is 2.26 bits per heavy atom. The third kappa shape index (κ3) is 3.16. The molecule has 0 radical (unpaired) electrons. The molecular formula is C14H18BrN3O. The van der Waals surface area contributed by atoms with Crippen LogP contribution in [0.4, 0.5) is 0 Å². The van der Waals surface area contributed by atoms with E-state index in [1.165, 1.54) is 0 Å². The predicted molar refractivity (Wildman–Crippen MR) is 79.2 cm³/mol. The van der Waals surface area contributed by atoms with E-state index in [1.54, 1.807) is 7.11 Å². The summed E-state index contributed by atoms with van der Waals surface area (Å²) in [5.41, 5.74) is 8.26. The normalized spacial score (nSPS) is 12.4. The van der Waals surface area contributed by atoms with Gasteiger partial charge in [-0.25, -0.2) is 0 Å². The number of ether oxygens (including phenoxy) is 1. The lowest BCUT2D eigenvalue weighted by Gasteiger charge is -2.14. The topological polar surface area (TPSA) is 53.1 Å². The molecule has 0 saturated heterocycles. The number of methoxy groups -OCH3 is 1. The molecule has 19 heavy (non-hydrogen) atoms. The van der Waals surface area contributed by atoms with Crippen molar-refractivity contribution in [2.75, 3.05) is 7.11 Å². The molecule has 5 heteroatoms. The second-order valence-corrected chi connectivity index (χ2v) is 5.32. The summed E-state index contributed by atoms with van der Waals surface area (Å²) in [6.07, 6.45) is 4.87. The monoisotopic (exact) mass is 323 g/mol. The van der Waals surface area contributed by atoms with Crippen LogP contribution in [0.3, 0.4) is 0 Å². The van der Waals surface area contributed by atoms with Gasteiger partial charge in [0.05, 0.1) is 19.3 Å². The summed E-state index contributed by atoms with van der Waals surface area (Å²) in [4.78, 5) is 0. The average Bonchev–Trinajstić information content (AvgIpc) is 2.87. The lowest BCUT2D eigenvalue weighted by molar-refractivity contribution is 0.407. The largest absolute Gasteiger partial charge is 0.496 e. The highest BCUT2D eigenvalue weighted by Gasteiger charge is 2.16. The van der Waals surface area contributed by atoms with Crippen molar-refractivity contribution >= 4 is 15.9 Å². The Labute approximate surface area is 121 Å². The zero-order valence-corrected chi connectivity index (χ0v) is 12.7. The number of rotatable bonds is 5. The van der Waals surface area contributed by atoms with E-state index in [1.807, 2.05) is 35.3 Å². The van der Waals surface area contributed by atoms with E-state index in [0.717, 1.165) is 34.3 Å². The molecule has 1 unspecified atom stereocenters. The van der Waals surface area contributed by atoms with Gasteiger partial charge in [-0.3, -0.25) is 4.68 Å². The minimum atomic E-state index is -0.228. The van der Waals surface area contributed by atoms with Gasteiger partial charge in [0.15, 0.2) is 0 Å². The van der Waals surface area contributed by atoms with Gasteiger partial charge in [-0.1, -0.05) is 28.9 Å². The van der Waals surface area contributed by atoms with E-state index in [0.29, 0.717) is 0 Å². The lowest BCUT2D eigenvalue weighted by Crippen LogP contribution is -2.12. The van der Waals surface area contributed by atoms with Gasteiger partial charge in [-0.15, -0.1) is 0 Å². The van der Waals surface area contributed by atoms with Gasteiger partial charge in [0.1, 0.15) is 5.75 Å². The summed E-state index contributed by atoms with van der Waals surface area (Å²) in [5.74, 6) is 0.783. The molecule has 1 aromatic carbocycles. The molecule has 2 aromatic rings. The molecule has 0 aliphatic heterocycles. The number of halogens is 1. The first-order valence-electron chi connectivity index (χ1n) is 6.27. The summed E-state index contributed by atoms with van der Waals surface area (Å²) < 4.78 is 8.28. The smallest absolute Gasteiger partial charge is 0.125 e. The highest BCUT2D eigenvalue weighted by atomic mass is 79.9. The SMILES string of the molecule is CCCn1cc(C(N)c2ccc(Br)cc2OC)cn1. The Bertz CT molecular complexity index is 553. The Kier molecular flexibility index (Phi) is 4.61. The molecule has 0 amide bonds. The predicted octanol–water partition coefficient (Wildman–Crippen LogP) is 3.11. The van der Waals surface area contributed by atoms with Gasteiger partial charge in [0, 0.05) is 28.3 Å². The lowest BCUT2D eigenvalue weighted by atomic mass is 10.0. The van der Waals surface area contributed by atoms with Gasteiger partial charge in [-0.2, -0.15) is 5.10 Å². The Morgan fingerprint density at radius 1 is 1.47 bits per heavy atom. The van der Waals surface area contributed by atoms with Gasteiger partial charge < -0.3 is 10.5 Å². The van der Waals surface area contributed by atoms with Gasteiger partial charge in [-0.05, 0) is 18.6 Å². The standard InChI is InChI=1S/C14H18BrN3O/c1-3-6-18-9-10(8-17-18)14(16)12-5-4-11(15)7-13(12)19-2/h4-5,7-9,14H,3,6,16H2,1-2H3. The van der Waals surface area contributed by atoms with Crippen molar-refractivity contribution in [3.8, 4) is 5.75 Å². The maximum absolute atomic E-state index is 6.30. The van der Waals surface area contributed by atoms with Crippen molar-refractivity contribution in [1.29, 1.82) is 0 Å². The number of hydrogen-bond acceptors (Lipinski definition) is 3. The van der Waals surface area contributed by atoms with Crippen LogP contribution in [0.1, 0.15) is 30.5 Å². The first-order valence-corrected chi connectivity index (χ1v) is 7.06.